The lowest BCUT2D eigenvalue weighted by Crippen LogP contribution is -2.28. The summed E-state index contributed by atoms with van der Waals surface area (Å²) in [6, 6.07) is 0.767. The third-order valence-electron chi connectivity index (χ3n) is 4.23. The smallest absolute Gasteiger partial charge is 0.00388 e. The van der Waals surface area contributed by atoms with E-state index in [2.05, 4.69) is 18.7 Å². The van der Waals surface area contributed by atoms with E-state index in [0.717, 1.165) is 17.9 Å². The van der Waals surface area contributed by atoms with E-state index in [0.29, 0.717) is 0 Å². The molecule has 14 heavy (non-hydrogen) atoms. The van der Waals surface area contributed by atoms with Crippen LogP contribution in [0.2, 0.25) is 0 Å². The van der Waals surface area contributed by atoms with E-state index in [4.69, 9.17) is 0 Å². The minimum atomic E-state index is 0.767. The molecule has 0 aromatic rings. The molecule has 1 saturated carbocycles. The van der Waals surface area contributed by atoms with Crippen LogP contribution in [0, 0.1) is 11.8 Å². The van der Waals surface area contributed by atoms with Crippen molar-refractivity contribution >= 4 is 0 Å². The standard InChI is InChI=1S/C13H25N/c1-11(2)14-9-12-7-5-3-4-6-8-13(12)10-14/h11-13H,3-10H2,1-2H3. The third kappa shape index (κ3) is 2.31. The molecule has 82 valence electrons. The zero-order valence-corrected chi connectivity index (χ0v) is 9.84. The maximum atomic E-state index is 2.70. The van der Waals surface area contributed by atoms with Gasteiger partial charge in [-0.05, 0) is 38.5 Å². The summed E-state index contributed by atoms with van der Waals surface area (Å²) in [5.41, 5.74) is 0. The van der Waals surface area contributed by atoms with Crippen LogP contribution in [0.5, 0.6) is 0 Å². The summed E-state index contributed by atoms with van der Waals surface area (Å²) in [4.78, 5) is 2.70. The second kappa shape index (κ2) is 4.65. The Morgan fingerprint density at radius 2 is 1.36 bits per heavy atom. The van der Waals surface area contributed by atoms with Gasteiger partial charge >= 0.3 is 0 Å². The molecule has 0 aromatic carbocycles. The fourth-order valence-electron chi connectivity index (χ4n) is 3.22. The topological polar surface area (TPSA) is 3.24 Å². The summed E-state index contributed by atoms with van der Waals surface area (Å²) in [5.74, 6) is 2.08. The number of fused-ring (bicyclic) bond motifs is 1. The third-order valence-corrected chi connectivity index (χ3v) is 4.23. The average Bonchev–Trinajstić information content (AvgIpc) is 2.48. The molecule has 2 atom stereocenters. The monoisotopic (exact) mass is 195 g/mol. The van der Waals surface area contributed by atoms with Crippen LogP contribution in [0.4, 0.5) is 0 Å². The fraction of sp³-hybridized carbons (Fsp3) is 1.00. The van der Waals surface area contributed by atoms with E-state index < -0.39 is 0 Å². The number of likely N-dealkylation sites (tertiary alicyclic amines) is 1. The molecule has 1 heteroatoms. The highest BCUT2D eigenvalue weighted by atomic mass is 15.2. The Hall–Kier alpha value is -0.0400. The lowest BCUT2D eigenvalue weighted by atomic mass is 9.84. The number of nitrogens with zero attached hydrogens (tertiary/aromatic N) is 1. The molecule has 0 bridgehead atoms. The van der Waals surface area contributed by atoms with Crippen LogP contribution in [-0.2, 0) is 0 Å². The van der Waals surface area contributed by atoms with Crippen molar-refractivity contribution in [2.24, 2.45) is 11.8 Å². The molecular weight excluding hydrogens is 170 g/mol. The Balaban J connectivity index is 1.92. The quantitative estimate of drug-likeness (QED) is 0.620. The molecule has 1 heterocycles. The number of hydrogen-bond donors (Lipinski definition) is 0. The molecule has 0 amide bonds. The average molecular weight is 195 g/mol. The van der Waals surface area contributed by atoms with Gasteiger partial charge in [0.1, 0.15) is 0 Å². The van der Waals surface area contributed by atoms with Crippen LogP contribution in [0.1, 0.15) is 52.4 Å². The predicted octanol–water partition coefficient (Wildman–Crippen LogP) is 3.30. The Morgan fingerprint density at radius 3 is 1.79 bits per heavy atom. The highest BCUT2D eigenvalue weighted by molar-refractivity contribution is 4.86. The molecule has 0 radical (unpaired) electrons. The first-order chi connectivity index (χ1) is 6.77. The number of rotatable bonds is 1. The highest BCUT2D eigenvalue weighted by Crippen LogP contribution is 2.34. The molecule has 0 spiro atoms. The Labute approximate surface area is 88.9 Å². The lowest BCUT2D eigenvalue weighted by molar-refractivity contribution is 0.260. The molecule has 1 nitrogen and oxygen atoms in total. The zero-order valence-electron chi connectivity index (χ0n) is 9.84. The first kappa shape index (κ1) is 10.5. The minimum absolute atomic E-state index is 0.767. The molecule has 2 unspecified atom stereocenters. The SMILES string of the molecule is CC(C)N1CC2CCCCCCC2C1. The molecule has 2 rings (SSSR count). The molecular formula is C13H25N. The van der Waals surface area contributed by atoms with Gasteiger partial charge in [-0.3, -0.25) is 0 Å². The fourth-order valence-corrected chi connectivity index (χ4v) is 3.22. The summed E-state index contributed by atoms with van der Waals surface area (Å²) in [7, 11) is 0. The van der Waals surface area contributed by atoms with Gasteiger partial charge in [-0.2, -0.15) is 0 Å². The van der Waals surface area contributed by atoms with Gasteiger partial charge in [0.25, 0.3) is 0 Å². The van der Waals surface area contributed by atoms with Gasteiger partial charge in [-0.25, -0.2) is 0 Å². The maximum absolute atomic E-state index is 2.70. The summed E-state index contributed by atoms with van der Waals surface area (Å²) in [6.07, 6.45) is 8.98. The van der Waals surface area contributed by atoms with Crippen molar-refractivity contribution in [1.29, 1.82) is 0 Å². The van der Waals surface area contributed by atoms with E-state index in [1.54, 1.807) is 0 Å². The van der Waals surface area contributed by atoms with Gasteiger partial charge in [-0.15, -0.1) is 0 Å². The second-order valence-corrected chi connectivity index (χ2v) is 5.56. The van der Waals surface area contributed by atoms with Gasteiger partial charge in [0, 0.05) is 19.1 Å². The normalized spacial score (nSPS) is 35.4. The summed E-state index contributed by atoms with van der Waals surface area (Å²) in [6.45, 7) is 7.48. The van der Waals surface area contributed by atoms with Gasteiger partial charge in [0.05, 0.1) is 0 Å². The molecule has 0 aromatic heterocycles. The van der Waals surface area contributed by atoms with Crippen molar-refractivity contribution in [2.45, 2.75) is 58.4 Å². The van der Waals surface area contributed by atoms with Gasteiger partial charge in [0.15, 0.2) is 0 Å². The van der Waals surface area contributed by atoms with Crippen molar-refractivity contribution in [3.05, 3.63) is 0 Å². The highest BCUT2D eigenvalue weighted by Gasteiger charge is 2.33. The van der Waals surface area contributed by atoms with E-state index in [9.17, 15) is 0 Å². The first-order valence-electron chi connectivity index (χ1n) is 6.51. The van der Waals surface area contributed by atoms with E-state index in [1.807, 2.05) is 0 Å². The summed E-state index contributed by atoms with van der Waals surface area (Å²) < 4.78 is 0. The van der Waals surface area contributed by atoms with Crippen molar-refractivity contribution in [3.8, 4) is 0 Å². The van der Waals surface area contributed by atoms with Crippen LogP contribution >= 0.6 is 0 Å². The molecule has 2 fully saturated rings. The Morgan fingerprint density at radius 1 is 0.857 bits per heavy atom. The molecule has 2 aliphatic rings. The van der Waals surface area contributed by atoms with Gasteiger partial charge < -0.3 is 4.90 Å². The molecule has 1 saturated heterocycles. The van der Waals surface area contributed by atoms with Crippen molar-refractivity contribution in [3.63, 3.8) is 0 Å². The summed E-state index contributed by atoms with van der Waals surface area (Å²) >= 11 is 0. The van der Waals surface area contributed by atoms with Crippen LogP contribution in [0.15, 0.2) is 0 Å². The maximum Gasteiger partial charge on any atom is 0.00388 e. The first-order valence-corrected chi connectivity index (χ1v) is 6.51. The molecule has 0 N–H and O–H groups in total. The Bertz CT molecular complexity index is 160. The Kier molecular flexibility index (Phi) is 3.48. The summed E-state index contributed by atoms with van der Waals surface area (Å²) in [5, 5.41) is 0. The largest absolute Gasteiger partial charge is 0.300 e. The van der Waals surface area contributed by atoms with Crippen LogP contribution in [0.3, 0.4) is 0 Å². The molecule has 1 aliphatic carbocycles. The van der Waals surface area contributed by atoms with Gasteiger partial charge in [-0.1, -0.05) is 25.7 Å². The van der Waals surface area contributed by atoms with E-state index >= 15 is 0 Å². The van der Waals surface area contributed by atoms with E-state index in [1.165, 1.54) is 51.6 Å². The van der Waals surface area contributed by atoms with Crippen LogP contribution in [0.25, 0.3) is 0 Å². The van der Waals surface area contributed by atoms with Gasteiger partial charge in [0.2, 0.25) is 0 Å². The second-order valence-electron chi connectivity index (χ2n) is 5.56. The van der Waals surface area contributed by atoms with Crippen molar-refractivity contribution < 1.29 is 0 Å². The van der Waals surface area contributed by atoms with Crippen LogP contribution < -0.4 is 0 Å². The van der Waals surface area contributed by atoms with Crippen molar-refractivity contribution in [2.75, 3.05) is 13.1 Å². The predicted molar refractivity (Wildman–Crippen MR) is 61.4 cm³/mol. The zero-order chi connectivity index (χ0) is 9.97. The van der Waals surface area contributed by atoms with Crippen molar-refractivity contribution in [1.82, 2.24) is 4.90 Å². The van der Waals surface area contributed by atoms with Crippen LogP contribution in [-0.4, -0.2) is 24.0 Å². The number of hydrogen-bond acceptors (Lipinski definition) is 1. The lowest BCUT2D eigenvalue weighted by Gasteiger charge is -2.20. The van der Waals surface area contributed by atoms with E-state index in [-0.39, 0.29) is 0 Å². The minimum Gasteiger partial charge on any atom is -0.300 e. The molecule has 1 aliphatic heterocycles.